The van der Waals surface area contributed by atoms with E-state index in [1.165, 1.54) is 7.05 Å². The van der Waals surface area contributed by atoms with Crippen LogP contribution < -0.4 is 10.6 Å². The maximum absolute atomic E-state index is 12.9. The van der Waals surface area contributed by atoms with Gasteiger partial charge in [0, 0.05) is 19.9 Å². The molecule has 3 heterocycles. The number of nitrogens with zero attached hydrogens (tertiary/aromatic N) is 4. The van der Waals surface area contributed by atoms with Crippen molar-refractivity contribution in [2.24, 2.45) is 0 Å². The Kier molecular flexibility index (Phi) is 4.31. The molecule has 0 saturated carbocycles. The molecule has 1 aliphatic heterocycles. The van der Waals surface area contributed by atoms with Crippen molar-refractivity contribution in [1.82, 2.24) is 19.7 Å². The van der Waals surface area contributed by atoms with Crippen LogP contribution in [-0.4, -0.2) is 40.0 Å². The Bertz CT molecular complexity index is 724. The lowest BCUT2D eigenvalue weighted by Crippen LogP contribution is -2.13. The number of hydrogen-bond acceptors (Lipinski definition) is 6. The Morgan fingerprint density at radius 2 is 2.12 bits per heavy atom. The third kappa shape index (κ3) is 3.14. The average Bonchev–Trinajstić information content (AvgIpc) is 3.17. The fourth-order valence-corrected chi connectivity index (χ4v) is 2.59. The topological polar surface area (TPSA) is 76.9 Å². The number of halogens is 3. The minimum absolute atomic E-state index is 0.0673. The van der Waals surface area contributed by atoms with Crippen LogP contribution in [0, 0.1) is 6.92 Å². The number of hydrogen-bond donors (Lipinski definition) is 2. The summed E-state index contributed by atoms with van der Waals surface area (Å²) in [4.78, 5) is 7.64. The van der Waals surface area contributed by atoms with Gasteiger partial charge in [0.2, 0.25) is 5.95 Å². The van der Waals surface area contributed by atoms with E-state index in [1.807, 2.05) is 11.6 Å². The summed E-state index contributed by atoms with van der Waals surface area (Å²) < 4.78 is 45.8. The molecular formula is C14H17F3N6O. The van der Waals surface area contributed by atoms with E-state index < -0.39 is 11.7 Å². The summed E-state index contributed by atoms with van der Waals surface area (Å²) >= 11 is 0. The van der Waals surface area contributed by atoms with Crippen LogP contribution in [0.1, 0.15) is 23.7 Å². The molecule has 0 amide bonds. The van der Waals surface area contributed by atoms with Gasteiger partial charge in [-0.25, -0.2) is 4.98 Å². The Balaban J connectivity index is 1.84. The Hall–Kier alpha value is -2.36. The van der Waals surface area contributed by atoms with Gasteiger partial charge < -0.3 is 15.4 Å². The Morgan fingerprint density at radius 3 is 2.75 bits per heavy atom. The van der Waals surface area contributed by atoms with Crippen molar-refractivity contribution < 1.29 is 17.9 Å². The van der Waals surface area contributed by atoms with Gasteiger partial charge in [-0.2, -0.15) is 23.3 Å². The van der Waals surface area contributed by atoms with E-state index in [4.69, 9.17) is 4.74 Å². The van der Waals surface area contributed by atoms with E-state index in [-0.39, 0.29) is 17.8 Å². The van der Waals surface area contributed by atoms with Crippen LogP contribution in [0.2, 0.25) is 0 Å². The van der Waals surface area contributed by atoms with Crippen LogP contribution >= 0.6 is 0 Å². The zero-order chi connectivity index (χ0) is 17.3. The van der Waals surface area contributed by atoms with Crippen LogP contribution in [0.4, 0.5) is 30.6 Å². The lowest BCUT2D eigenvalue weighted by atomic mass is 10.2. The van der Waals surface area contributed by atoms with Gasteiger partial charge in [0.1, 0.15) is 11.4 Å². The molecular weight excluding hydrogens is 325 g/mol. The van der Waals surface area contributed by atoms with Crippen molar-refractivity contribution in [1.29, 1.82) is 0 Å². The smallest absolute Gasteiger partial charge is 0.379 e. The molecule has 7 nitrogen and oxygen atoms in total. The monoisotopic (exact) mass is 342 g/mol. The van der Waals surface area contributed by atoms with E-state index in [9.17, 15) is 13.2 Å². The van der Waals surface area contributed by atoms with Crippen LogP contribution in [0.25, 0.3) is 0 Å². The second-order valence-electron chi connectivity index (χ2n) is 5.43. The molecule has 0 bridgehead atoms. The van der Waals surface area contributed by atoms with Crippen LogP contribution in [0.15, 0.2) is 12.4 Å². The molecule has 1 atom stereocenters. The van der Waals surface area contributed by atoms with Gasteiger partial charge in [-0.1, -0.05) is 0 Å². The third-order valence-electron chi connectivity index (χ3n) is 3.87. The van der Waals surface area contributed by atoms with Gasteiger partial charge in [0.05, 0.1) is 30.2 Å². The maximum atomic E-state index is 12.9. The summed E-state index contributed by atoms with van der Waals surface area (Å²) in [5, 5.41) is 9.68. The number of alkyl halides is 3. The van der Waals surface area contributed by atoms with Crippen molar-refractivity contribution in [3.05, 3.63) is 23.7 Å². The van der Waals surface area contributed by atoms with Crippen molar-refractivity contribution in [2.45, 2.75) is 25.6 Å². The quantitative estimate of drug-likeness (QED) is 0.890. The molecule has 1 unspecified atom stereocenters. The predicted octanol–water partition coefficient (Wildman–Crippen LogP) is 2.75. The number of nitrogens with one attached hydrogen (secondary N) is 2. The molecule has 0 spiro atoms. The number of rotatable bonds is 4. The molecule has 0 aliphatic carbocycles. The molecule has 0 radical (unpaired) electrons. The van der Waals surface area contributed by atoms with Gasteiger partial charge in [-0.15, -0.1) is 0 Å². The predicted molar refractivity (Wildman–Crippen MR) is 81.3 cm³/mol. The highest BCUT2D eigenvalue weighted by Gasteiger charge is 2.35. The molecule has 1 saturated heterocycles. The first kappa shape index (κ1) is 16.5. The number of anilines is 3. The molecule has 1 aliphatic rings. The minimum Gasteiger partial charge on any atom is -0.379 e. The van der Waals surface area contributed by atoms with Gasteiger partial charge in [-0.05, 0) is 13.3 Å². The average molecular weight is 342 g/mol. The second-order valence-corrected chi connectivity index (χ2v) is 5.43. The standard InChI is InChI=1S/C14H17F3N6O/c1-8-11(6-20-23(8)9-3-4-24-7-9)21-13-19-5-10(14(15,16)17)12(18-2)22-13/h5-6,9H,3-4,7H2,1-2H3,(H2,18,19,21,22). The zero-order valence-electron chi connectivity index (χ0n) is 13.2. The SMILES string of the molecule is CNc1nc(Nc2cnn(C3CCOC3)c2C)ncc1C(F)(F)F. The summed E-state index contributed by atoms with van der Waals surface area (Å²) in [6.45, 7) is 3.17. The molecule has 1 fully saturated rings. The first-order chi connectivity index (χ1) is 11.4. The van der Waals surface area contributed by atoms with Crippen LogP contribution in [0.3, 0.4) is 0 Å². The highest BCUT2D eigenvalue weighted by molar-refractivity contribution is 5.58. The zero-order valence-corrected chi connectivity index (χ0v) is 13.2. The second kappa shape index (κ2) is 6.27. The molecule has 24 heavy (non-hydrogen) atoms. The first-order valence-electron chi connectivity index (χ1n) is 7.41. The molecule has 2 N–H and O–H groups in total. The van der Waals surface area contributed by atoms with Crippen molar-refractivity contribution in [3.8, 4) is 0 Å². The summed E-state index contributed by atoms with van der Waals surface area (Å²) in [5.74, 6) is -0.216. The van der Waals surface area contributed by atoms with Gasteiger partial charge in [0.15, 0.2) is 0 Å². The normalized spacial score (nSPS) is 18.0. The van der Waals surface area contributed by atoms with E-state index >= 15 is 0 Å². The van der Waals surface area contributed by atoms with E-state index in [2.05, 4.69) is 25.7 Å². The van der Waals surface area contributed by atoms with Crippen molar-refractivity contribution >= 4 is 17.5 Å². The van der Waals surface area contributed by atoms with Crippen molar-refractivity contribution in [2.75, 3.05) is 30.9 Å². The molecule has 2 aromatic rings. The van der Waals surface area contributed by atoms with Crippen LogP contribution in [-0.2, 0) is 10.9 Å². The van der Waals surface area contributed by atoms with Crippen LogP contribution in [0.5, 0.6) is 0 Å². The summed E-state index contributed by atoms with van der Waals surface area (Å²) in [6, 6.07) is 0.168. The lowest BCUT2D eigenvalue weighted by Gasteiger charge is -2.13. The maximum Gasteiger partial charge on any atom is 0.421 e. The Morgan fingerprint density at radius 1 is 1.33 bits per heavy atom. The molecule has 130 valence electrons. The highest BCUT2D eigenvalue weighted by atomic mass is 19.4. The Labute approximate surface area is 136 Å². The lowest BCUT2D eigenvalue weighted by molar-refractivity contribution is -0.137. The van der Waals surface area contributed by atoms with E-state index in [0.29, 0.717) is 18.9 Å². The fraction of sp³-hybridized carbons (Fsp3) is 0.500. The molecule has 2 aromatic heterocycles. The molecule has 0 aromatic carbocycles. The number of ether oxygens (including phenoxy) is 1. The summed E-state index contributed by atoms with van der Waals surface area (Å²) in [5.41, 5.74) is 0.579. The highest BCUT2D eigenvalue weighted by Crippen LogP contribution is 2.34. The minimum atomic E-state index is -4.51. The molecule has 10 heteroatoms. The summed E-state index contributed by atoms with van der Waals surface area (Å²) in [6.07, 6.45) is -1.28. The van der Waals surface area contributed by atoms with Gasteiger partial charge >= 0.3 is 6.18 Å². The largest absolute Gasteiger partial charge is 0.421 e. The fourth-order valence-electron chi connectivity index (χ4n) is 2.59. The van der Waals surface area contributed by atoms with Crippen molar-refractivity contribution in [3.63, 3.8) is 0 Å². The van der Waals surface area contributed by atoms with Gasteiger partial charge in [-0.3, -0.25) is 4.68 Å². The summed E-state index contributed by atoms with van der Waals surface area (Å²) in [7, 11) is 1.38. The first-order valence-corrected chi connectivity index (χ1v) is 7.41. The number of aromatic nitrogens is 4. The van der Waals surface area contributed by atoms with Gasteiger partial charge in [0.25, 0.3) is 0 Å². The molecule has 3 rings (SSSR count). The van der Waals surface area contributed by atoms with E-state index in [0.717, 1.165) is 18.3 Å². The third-order valence-corrected chi connectivity index (χ3v) is 3.87. The van der Waals surface area contributed by atoms with E-state index in [1.54, 1.807) is 6.20 Å².